The van der Waals surface area contributed by atoms with E-state index in [0.29, 0.717) is 12.4 Å². The van der Waals surface area contributed by atoms with Gasteiger partial charge in [-0.3, -0.25) is 0 Å². The normalized spacial score (nSPS) is 10.8. The van der Waals surface area contributed by atoms with Crippen LogP contribution in [0.1, 0.15) is 24.7 Å². The number of ether oxygens (including phenoxy) is 1. The van der Waals surface area contributed by atoms with Gasteiger partial charge in [0.05, 0.1) is 6.61 Å². The van der Waals surface area contributed by atoms with Crippen molar-refractivity contribution < 1.29 is 4.74 Å². The highest BCUT2D eigenvalue weighted by Gasteiger charge is 2.13. The summed E-state index contributed by atoms with van der Waals surface area (Å²) in [5.74, 6) is 7.23. The molecule has 0 saturated heterocycles. The van der Waals surface area contributed by atoms with Gasteiger partial charge in [-0.05, 0) is 12.0 Å². The molecule has 0 aliphatic rings. The van der Waals surface area contributed by atoms with Crippen LogP contribution in [0.15, 0.2) is 24.3 Å². The third kappa shape index (κ3) is 2.71. The first-order chi connectivity index (χ1) is 9.17. The predicted octanol–water partition coefficient (Wildman–Crippen LogP) is 1.94. The number of nitrogens with two attached hydrogens (primary N) is 2. The molecule has 0 aliphatic heterocycles. The van der Waals surface area contributed by atoms with E-state index in [-0.39, 0.29) is 0 Å². The lowest BCUT2D eigenvalue weighted by Crippen LogP contribution is -2.15. The fourth-order valence-corrected chi connectivity index (χ4v) is 2.03. The molecule has 0 unspecified atom stereocenters. The van der Waals surface area contributed by atoms with Crippen molar-refractivity contribution in [3.05, 3.63) is 35.7 Å². The Hall–Kier alpha value is -2.01. The van der Waals surface area contributed by atoms with Crippen molar-refractivity contribution in [2.45, 2.75) is 26.4 Å². The lowest BCUT2D eigenvalue weighted by Gasteiger charge is -2.03. The first-order valence-corrected chi connectivity index (χ1v) is 6.37. The molecule has 0 aliphatic carbocycles. The number of hydrogen-bond donors (Lipinski definition) is 2. The molecule has 0 radical (unpaired) electrons. The summed E-state index contributed by atoms with van der Waals surface area (Å²) in [6, 6.07) is 7.99. The van der Waals surface area contributed by atoms with Gasteiger partial charge in [0, 0.05) is 19.1 Å². The zero-order valence-corrected chi connectivity index (χ0v) is 11.4. The van der Waals surface area contributed by atoms with Gasteiger partial charge in [0.15, 0.2) is 5.82 Å². The highest BCUT2D eigenvalue weighted by atomic mass is 16.5. The molecule has 0 saturated carbocycles. The number of methoxy groups -OCH3 is 1. The number of anilines is 1. The second-order valence-electron chi connectivity index (χ2n) is 4.51. The molecule has 0 fully saturated rings. The van der Waals surface area contributed by atoms with Gasteiger partial charge in [0.1, 0.15) is 11.5 Å². The number of rotatable bonds is 5. The molecular formula is C14H20N4O. The Labute approximate surface area is 113 Å². The van der Waals surface area contributed by atoms with Crippen LogP contribution in [0, 0.1) is 0 Å². The minimum atomic E-state index is 0.503. The SMILES string of the molecule is CCCc1nc(-c2ccc(COC)cc2)c(N)n1N. The first kappa shape index (κ1) is 13.4. The van der Waals surface area contributed by atoms with Crippen LogP contribution < -0.4 is 11.6 Å². The summed E-state index contributed by atoms with van der Waals surface area (Å²) >= 11 is 0. The smallest absolute Gasteiger partial charge is 0.150 e. The fourth-order valence-electron chi connectivity index (χ4n) is 2.03. The number of nitrogens with zero attached hydrogens (tertiary/aromatic N) is 2. The number of aromatic nitrogens is 2. The Kier molecular flexibility index (Phi) is 4.06. The molecule has 0 bridgehead atoms. The van der Waals surface area contributed by atoms with Crippen molar-refractivity contribution in [1.82, 2.24) is 9.66 Å². The van der Waals surface area contributed by atoms with E-state index in [9.17, 15) is 0 Å². The van der Waals surface area contributed by atoms with Crippen LogP contribution in [0.4, 0.5) is 5.82 Å². The summed E-state index contributed by atoms with van der Waals surface area (Å²) in [5, 5.41) is 0. The molecule has 1 aromatic carbocycles. The first-order valence-electron chi connectivity index (χ1n) is 6.37. The molecule has 1 aromatic heterocycles. The predicted molar refractivity (Wildman–Crippen MR) is 76.9 cm³/mol. The summed E-state index contributed by atoms with van der Waals surface area (Å²) in [5.41, 5.74) is 8.85. The second-order valence-corrected chi connectivity index (χ2v) is 4.51. The largest absolute Gasteiger partial charge is 0.382 e. The van der Waals surface area contributed by atoms with Gasteiger partial charge in [-0.25, -0.2) is 9.66 Å². The Morgan fingerprint density at radius 1 is 1.26 bits per heavy atom. The third-order valence-corrected chi connectivity index (χ3v) is 3.03. The molecule has 5 nitrogen and oxygen atoms in total. The van der Waals surface area contributed by atoms with Gasteiger partial charge in [-0.1, -0.05) is 31.2 Å². The van der Waals surface area contributed by atoms with E-state index in [4.69, 9.17) is 16.3 Å². The van der Waals surface area contributed by atoms with E-state index in [2.05, 4.69) is 11.9 Å². The third-order valence-electron chi connectivity index (χ3n) is 3.03. The van der Waals surface area contributed by atoms with Crippen molar-refractivity contribution >= 4 is 5.82 Å². The number of hydrogen-bond acceptors (Lipinski definition) is 4. The van der Waals surface area contributed by atoms with Crippen molar-refractivity contribution in [3.8, 4) is 11.3 Å². The van der Waals surface area contributed by atoms with Crippen LogP contribution in [0.5, 0.6) is 0 Å². The highest BCUT2D eigenvalue weighted by Crippen LogP contribution is 2.25. The topological polar surface area (TPSA) is 79.1 Å². The zero-order valence-electron chi connectivity index (χ0n) is 11.4. The van der Waals surface area contributed by atoms with Gasteiger partial charge < -0.3 is 16.3 Å². The van der Waals surface area contributed by atoms with Crippen LogP contribution in [0.25, 0.3) is 11.3 Å². The molecule has 0 spiro atoms. The minimum Gasteiger partial charge on any atom is -0.382 e. The fraction of sp³-hybridized carbons (Fsp3) is 0.357. The summed E-state index contributed by atoms with van der Waals surface area (Å²) in [7, 11) is 1.68. The molecule has 0 atom stereocenters. The molecule has 2 aromatic rings. The van der Waals surface area contributed by atoms with Crippen LogP contribution in [0.2, 0.25) is 0 Å². The minimum absolute atomic E-state index is 0.503. The van der Waals surface area contributed by atoms with Crippen molar-refractivity contribution in [2.24, 2.45) is 0 Å². The average molecular weight is 260 g/mol. The van der Waals surface area contributed by atoms with Crippen molar-refractivity contribution in [1.29, 1.82) is 0 Å². The maximum absolute atomic E-state index is 6.01. The van der Waals surface area contributed by atoms with Crippen LogP contribution in [0.3, 0.4) is 0 Å². The molecule has 5 heteroatoms. The van der Waals surface area contributed by atoms with Gasteiger partial charge in [-0.2, -0.15) is 0 Å². The standard InChI is InChI=1S/C14H20N4O/c1-3-4-12-17-13(14(15)18(12)16)11-7-5-10(6-8-11)9-19-2/h5-8H,3-4,9,15-16H2,1-2H3. The second kappa shape index (κ2) is 5.75. The highest BCUT2D eigenvalue weighted by molar-refractivity contribution is 5.71. The maximum Gasteiger partial charge on any atom is 0.150 e. The molecule has 2 rings (SSSR count). The van der Waals surface area contributed by atoms with Crippen LogP contribution in [-0.2, 0) is 17.8 Å². The molecule has 0 amide bonds. The van der Waals surface area contributed by atoms with Gasteiger partial charge in [0.2, 0.25) is 0 Å². The Bertz CT molecular complexity index is 545. The molecule has 102 valence electrons. The monoisotopic (exact) mass is 260 g/mol. The van der Waals surface area contributed by atoms with Crippen molar-refractivity contribution in [2.75, 3.05) is 18.7 Å². The van der Waals surface area contributed by atoms with Crippen molar-refractivity contribution in [3.63, 3.8) is 0 Å². The number of aryl methyl sites for hydroxylation is 1. The number of nitrogen functional groups attached to an aromatic ring is 2. The quantitative estimate of drug-likeness (QED) is 0.805. The average Bonchev–Trinajstić information content (AvgIpc) is 2.69. The van der Waals surface area contributed by atoms with Gasteiger partial charge >= 0.3 is 0 Å². The lowest BCUT2D eigenvalue weighted by molar-refractivity contribution is 0.185. The van der Waals surface area contributed by atoms with E-state index in [0.717, 1.165) is 35.5 Å². The van der Waals surface area contributed by atoms with E-state index in [1.807, 2.05) is 24.3 Å². The van der Waals surface area contributed by atoms with E-state index in [1.54, 1.807) is 7.11 Å². The van der Waals surface area contributed by atoms with Crippen LogP contribution >= 0.6 is 0 Å². The number of imidazole rings is 1. The summed E-state index contributed by atoms with van der Waals surface area (Å²) in [4.78, 5) is 4.53. The Morgan fingerprint density at radius 2 is 1.95 bits per heavy atom. The van der Waals surface area contributed by atoms with E-state index >= 15 is 0 Å². The summed E-state index contributed by atoms with van der Waals surface area (Å²) in [6.45, 7) is 2.69. The Balaban J connectivity index is 2.33. The summed E-state index contributed by atoms with van der Waals surface area (Å²) < 4.78 is 6.56. The molecule has 1 heterocycles. The number of benzene rings is 1. The van der Waals surface area contributed by atoms with E-state index in [1.165, 1.54) is 4.68 Å². The lowest BCUT2D eigenvalue weighted by atomic mass is 10.1. The molecule has 4 N–H and O–H groups in total. The van der Waals surface area contributed by atoms with Crippen LogP contribution in [-0.4, -0.2) is 16.8 Å². The molecule has 19 heavy (non-hydrogen) atoms. The molecular weight excluding hydrogens is 240 g/mol. The van der Waals surface area contributed by atoms with E-state index < -0.39 is 0 Å². The van der Waals surface area contributed by atoms with Gasteiger partial charge in [0.25, 0.3) is 0 Å². The van der Waals surface area contributed by atoms with Gasteiger partial charge in [-0.15, -0.1) is 0 Å². The maximum atomic E-state index is 6.01. The summed E-state index contributed by atoms with van der Waals surface area (Å²) in [6.07, 6.45) is 1.81. The zero-order chi connectivity index (χ0) is 13.8. The Morgan fingerprint density at radius 3 is 2.53 bits per heavy atom.